The number of thiophene rings is 1. The van der Waals surface area contributed by atoms with Gasteiger partial charge in [-0.3, -0.25) is 0 Å². The highest BCUT2D eigenvalue weighted by molar-refractivity contribution is 7.07. The molecule has 2 rings (SSSR count). The van der Waals surface area contributed by atoms with Crippen molar-refractivity contribution < 1.29 is 0 Å². The standard InChI is InChI=1S/C18H25NS/c1-4-8-19-18(6-5-16-7-9-20-13-16)17-11-14(2)10-15(3)12-17/h7,9-13,18-19H,4-6,8H2,1-3H3. The van der Waals surface area contributed by atoms with Crippen molar-refractivity contribution >= 4 is 11.3 Å². The summed E-state index contributed by atoms with van der Waals surface area (Å²) in [7, 11) is 0. The largest absolute Gasteiger partial charge is 0.310 e. The van der Waals surface area contributed by atoms with Gasteiger partial charge < -0.3 is 5.32 Å². The second-order valence-electron chi connectivity index (χ2n) is 5.60. The van der Waals surface area contributed by atoms with E-state index in [1.54, 1.807) is 11.3 Å². The third-order valence-electron chi connectivity index (χ3n) is 3.59. The molecule has 0 spiro atoms. The van der Waals surface area contributed by atoms with Crippen LogP contribution in [0.25, 0.3) is 0 Å². The molecule has 108 valence electrons. The average Bonchev–Trinajstić information content (AvgIpc) is 2.91. The van der Waals surface area contributed by atoms with Crippen LogP contribution in [0.2, 0.25) is 0 Å². The van der Waals surface area contributed by atoms with Crippen LogP contribution in [0.3, 0.4) is 0 Å². The van der Waals surface area contributed by atoms with Gasteiger partial charge in [-0.05, 0) is 67.6 Å². The second-order valence-corrected chi connectivity index (χ2v) is 6.38. The highest BCUT2D eigenvalue weighted by Gasteiger charge is 2.11. The molecule has 0 aliphatic heterocycles. The van der Waals surface area contributed by atoms with E-state index in [-0.39, 0.29) is 0 Å². The molecule has 0 amide bonds. The van der Waals surface area contributed by atoms with Crippen molar-refractivity contribution in [3.05, 3.63) is 57.3 Å². The van der Waals surface area contributed by atoms with E-state index in [2.05, 4.69) is 61.1 Å². The van der Waals surface area contributed by atoms with E-state index in [0.717, 1.165) is 13.0 Å². The third kappa shape index (κ3) is 4.46. The van der Waals surface area contributed by atoms with E-state index >= 15 is 0 Å². The molecular weight excluding hydrogens is 262 g/mol. The van der Waals surface area contributed by atoms with E-state index in [1.165, 1.54) is 35.1 Å². The maximum atomic E-state index is 3.71. The summed E-state index contributed by atoms with van der Waals surface area (Å²) in [4.78, 5) is 0. The smallest absolute Gasteiger partial charge is 0.0323 e. The van der Waals surface area contributed by atoms with Crippen LogP contribution in [0, 0.1) is 13.8 Å². The molecule has 1 unspecified atom stereocenters. The van der Waals surface area contributed by atoms with Gasteiger partial charge in [0, 0.05) is 6.04 Å². The fourth-order valence-electron chi connectivity index (χ4n) is 2.66. The number of hydrogen-bond acceptors (Lipinski definition) is 2. The molecule has 2 heteroatoms. The van der Waals surface area contributed by atoms with Gasteiger partial charge >= 0.3 is 0 Å². The Morgan fingerprint density at radius 2 is 1.90 bits per heavy atom. The van der Waals surface area contributed by atoms with Crippen LogP contribution in [0.4, 0.5) is 0 Å². The Kier molecular flexibility index (Phi) is 5.81. The van der Waals surface area contributed by atoms with E-state index in [9.17, 15) is 0 Å². The average molecular weight is 287 g/mol. The van der Waals surface area contributed by atoms with Gasteiger partial charge in [-0.25, -0.2) is 0 Å². The van der Waals surface area contributed by atoms with Gasteiger partial charge in [0.2, 0.25) is 0 Å². The number of rotatable bonds is 7. The maximum Gasteiger partial charge on any atom is 0.0323 e. The van der Waals surface area contributed by atoms with Crippen molar-refractivity contribution in [3.63, 3.8) is 0 Å². The maximum absolute atomic E-state index is 3.71. The lowest BCUT2D eigenvalue weighted by Gasteiger charge is -2.20. The minimum atomic E-state index is 0.466. The zero-order valence-electron chi connectivity index (χ0n) is 12.8. The van der Waals surface area contributed by atoms with Crippen LogP contribution < -0.4 is 5.32 Å². The van der Waals surface area contributed by atoms with E-state index in [1.807, 2.05) is 0 Å². The first-order chi connectivity index (χ1) is 9.69. The molecule has 0 aliphatic rings. The van der Waals surface area contributed by atoms with Crippen LogP contribution in [0.15, 0.2) is 35.0 Å². The first-order valence-electron chi connectivity index (χ1n) is 7.51. The van der Waals surface area contributed by atoms with Crippen molar-refractivity contribution in [2.45, 2.75) is 46.1 Å². The van der Waals surface area contributed by atoms with Gasteiger partial charge in [-0.15, -0.1) is 0 Å². The lowest BCUT2D eigenvalue weighted by Crippen LogP contribution is -2.23. The van der Waals surface area contributed by atoms with Crippen molar-refractivity contribution in [2.24, 2.45) is 0 Å². The molecule has 20 heavy (non-hydrogen) atoms. The molecule has 1 N–H and O–H groups in total. The fraction of sp³-hybridized carbons (Fsp3) is 0.444. The zero-order valence-corrected chi connectivity index (χ0v) is 13.6. The summed E-state index contributed by atoms with van der Waals surface area (Å²) in [5.74, 6) is 0. The summed E-state index contributed by atoms with van der Waals surface area (Å²) in [5.41, 5.74) is 5.62. The molecule has 1 aromatic heterocycles. The van der Waals surface area contributed by atoms with Crippen molar-refractivity contribution in [1.82, 2.24) is 5.32 Å². The first kappa shape index (κ1) is 15.3. The molecule has 0 aliphatic carbocycles. The predicted octanol–water partition coefficient (Wildman–Crippen LogP) is 5.04. The van der Waals surface area contributed by atoms with E-state index in [4.69, 9.17) is 0 Å². The van der Waals surface area contributed by atoms with Crippen molar-refractivity contribution in [3.8, 4) is 0 Å². The number of benzene rings is 1. The van der Waals surface area contributed by atoms with Crippen LogP contribution >= 0.6 is 11.3 Å². The SMILES string of the molecule is CCCNC(CCc1ccsc1)c1cc(C)cc(C)c1. The first-order valence-corrected chi connectivity index (χ1v) is 8.46. The second kappa shape index (κ2) is 7.61. The highest BCUT2D eigenvalue weighted by Crippen LogP contribution is 2.22. The zero-order chi connectivity index (χ0) is 14.4. The molecule has 0 fully saturated rings. The Balaban J connectivity index is 2.09. The van der Waals surface area contributed by atoms with E-state index < -0.39 is 0 Å². The number of nitrogens with one attached hydrogen (secondary N) is 1. The van der Waals surface area contributed by atoms with Gasteiger partial charge in [0.25, 0.3) is 0 Å². The fourth-order valence-corrected chi connectivity index (χ4v) is 3.37. The summed E-state index contributed by atoms with van der Waals surface area (Å²) in [6.45, 7) is 7.68. The predicted molar refractivity (Wildman–Crippen MR) is 89.6 cm³/mol. The highest BCUT2D eigenvalue weighted by atomic mass is 32.1. The molecular formula is C18H25NS. The lowest BCUT2D eigenvalue weighted by atomic mass is 9.96. The molecule has 1 nitrogen and oxygen atoms in total. The Hall–Kier alpha value is -1.12. The Morgan fingerprint density at radius 1 is 1.15 bits per heavy atom. The molecule has 1 atom stereocenters. The van der Waals surface area contributed by atoms with Crippen LogP contribution in [0.1, 0.15) is 48.1 Å². The lowest BCUT2D eigenvalue weighted by molar-refractivity contribution is 0.499. The summed E-state index contributed by atoms with van der Waals surface area (Å²) in [6.07, 6.45) is 3.50. The summed E-state index contributed by atoms with van der Waals surface area (Å²) in [6, 6.07) is 9.61. The topological polar surface area (TPSA) is 12.0 Å². The molecule has 0 saturated carbocycles. The quantitative estimate of drug-likeness (QED) is 0.752. The number of hydrogen-bond donors (Lipinski definition) is 1. The number of aryl methyl sites for hydroxylation is 3. The molecule has 0 saturated heterocycles. The summed E-state index contributed by atoms with van der Waals surface area (Å²) < 4.78 is 0. The molecule has 1 aromatic carbocycles. The van der Waals surface area contributed by atoms with Gasteiger partial charge in [-0.1, -0.05) is 36.2 Å². The van der Waals surface area contributed by atoms with Crippen LogP contribution in [0.5, 0.6) is 0 Å². The molecule has 2 aromatic rings. The normalized spacial score (nSPS) is 12.6. The van der Waals surface area contributed by atoms with Gasteiger partial charge in [0.1, 0.15) is 0 Å². The minimum absolute atomic E-state index is 0.466. The third-order valence-corrected chi connectivity index (χ3v) is 4.32. The van der Waals surface area contributed by atoms with Gasteiger partial charge in [-0.2, -0.15) is 11.3 Å². The van der Waals surface area contributed by atoms with Gasteiger partial charge in [0.15, 0.2) is 0 Å². The Labute approximate surface area is 127 Å². The van der Waals surface area contributed by atoms with Gasteiger partial charge in [0.05, 0.1) is 0 Å². The van der Waals surface area contributed by atoms with E-state index in [0.29, 0.717) is 6.04 Å². The van der Waals surface area contributed by atoms with Crippen molar-refractivity contribution in [1.29, 1.82) is 0 Å². The molecule has 0 bridgehead atoms. The Morgan fingerprint density at radius 3 is 2.50 bits per heavy atom. The molecule has 1 heterocycles. The minimum Gasteiger partial charge on any atom is -0.310 e. The van der Waals surface area contributed by atoms with Crippen LogP contribution in [-0.4, -0.2) is 6.54 Å². The molecule has 0 radical (unpaired) electrons. The Bertz CT molecular complexity index is 496. The monoisotopic (exact) mass is 287 g/mol. The van der Waals surface area contributed by atoms with Crippen molar-refractivity contribution in [2.75, 3.05) is 6.54 Å². The van der Waals surface area contributed by atoms with Crippen LogP contribution in [-0.2, 0) is 6.42 Å². The summed E-state index contributed by atoms with van der Waals surface area (Å²) in [5, 5.41) is 8.14. The summed E-state index contributed by atoms with van der Waals surface area (Å²) >= 11 is 1.79.